The average molecular weight is 182 g/mol. The second-order valence-electron chi connectivity index (χ2n) is 3.10. The van der Waals surface area contributed by atoms with Crippen LogP contribution in [0.5, 0.6) is 0 Å². The third-order valence-corrected chi connectivity index (χ3v) is 2.13. The predicted octanol–water partition coefficient (Wildman–Crippen LogP) is 1.37. The summed E-state index contributed by atoms with van der Waals surface area (Å²) in [5.41, 5.74) is 6.79. The highest BCUT2D eigenvalue weighted by Gasteiger charge is 1.97. The Hall–Kier alpha value is -0.800. The van der Waals surface area contributed by atoms with Crippen LogP contribution in [0.3, 0.4) is 0 Å². The third-order valence-electron chi connectivity index (χ3n) is 2.13. The molecule has 0 unspecified atom stereocenters. The number of nitrogens with two attached hydrogens (primary N) is 1. The number of aryl methyl sites for hydroxylation is 1. The predicted molar refractivity (Wildman–Crippen MR) is 53.4 cm³/mol. The minimum absolute atomic E-state index is 0.622. The second-order valence-corrected chi connectivity index (χ2v) is 3.10. The van der Waals surface area contributed by atoms with E-state index in [9.17, 15) is 0 Å². The molecule has 0 saturated heterocycles. The Morgan fingerprint density at radius 2 is 2.31 bits per heavy atom. The van der Waals surface area contributed by atoms with E-state index in [1.165, 1.54) is 5.69 Å². The van der Waals surface area contributed by atoms with Crippen molar-refractivity contribution < 1.29 is 4.74 Å². The Kier molecular flexibility index (Phi) is 4.57. The van der Waals surface area contributed by atoms with Crippen LogP contribution in [-0.4, -0.2) is 18.3 Å². The van der Waals surface area contributed by atoms with Crippen LogP contribution < -0.4 is 5.73 Å². The quantitative estimate of drug-likeness (QED) is 0.675. The third kappa shape index (κ3) is 3.20. The summed E-state index contributed by atoms with van der Waals surface area (Å²) < 4.78 is 7.19. The van der Waals surface area contributed by atoms with Crippen LogP contribution in [0.2, 0.25) is 0 Å². The van der Waals surface area contributed by atoms with Gasteiger partial charge in [0.2, 0.25) is 0 Å². The van der Waals surface area contributed by atoms with Crippen LogP contribution in [0.1, 0.15) is 18.5 Å². The molecule has 0 saturated carbocycles. The van der Waals surface area contributed by atoms with Gasteiger partial charge in [0.25, 0.3) is 0 Å². The first kappa shape index (κ1) is 10.3. The molecule has 1 aromatic heterocycles. The number of hydrogen-bond acceptors (Lipinski definition) is 2. The fourth-order valence-electron chi connectivity index (χ4n) is 1.38. The summed E-state index contributed by atoms with van der Waals surface area (Å²) >= 11 is 0. The van der Waals surface area contributed by atoms with Crippen LogP contribution >= 0.6 is 0 Å². The van der Waals surface area contributed by atoms with E-state index in [1.807, 2.05) is 6.07 Å². The smallest absolute Gasteiger partial charge is 0.0462 e. The molecule has 3 nitrogen and oxygen atoms in total. The molecule has 0 aliphatic rings. The zero-order valence-electron chi connectivity index (χ0n) is 8.20. The minimum Gasteiger partial charge on any atom is -0.385 e. The molecule has 0 aliphatic heterocycles. The van der Waals surface area contributed by atoms with Gasteiger partial charge in [-0.1, -0.05) is 0 Å². The number of unbranched alkanes of at least 4 members (excludes halogenated alkanes) is 1. The minimum atomic E-state index is 0.622. The van der Waals surface area contributed by atoms with E-state index >= 15 is 0 Å². The van der Waals surface area contributed by atoms with Gasteiger partial charge >= 0.3 is 0 Å². The van der Waals surface area contributed by atoms with Gasteiger partial charge in [-0.2, -0.15) is 0 Å². The van der Waals surface area contributed by atoms with Crippen LogP contribution in [-0.2, 0) is 17.8 Å². The summed E-state index contributed by atoms with van der Waals surface area (Å²) in [7, 11) is 1.74. The molecule has 1 aromatic rings. The van der Waals surface area contributed by atoms with Crippen molar-refractivity contribution in [1.82, 2.24) is 4.57 Å². The molecule has 1 rings (SSSR count). The highest BCUT2D eigenvalue weighted by atomic mass is 16.5. The lowest BCUT2D eigenvalue weighted by atomic mass is 10.3. The van der Waals surface area contributed by atoms with Crippen molar-refractivity contribution in [1.29, 1.82) is 0 Å². The molecule has 0 fully saturated rings. The van der Waals surface area contributed by atoms with Crippen LogP contribution in [0.25, 0.3) is 0 Å². The summed E-state index contributed by atoms with van der Waals surface area (Å²) in [5.74, 6) is 0. The lowest BCUT2D eigenvalue weighted by Crippen LogP contribution is -2.07. The van der Waals surface area contributed by atoms with Gasteiger partial charge in [0.1, 0.15) is 0 Å². The Labute approximate surface area is 79.5 Å². The molecule has 0 aromatic carbocycles. The van der Waals surface area contributed by atoms with Crippen LogP contribution in [0, 0.1) is 0 Å². The first-order valence-corrected chi connectivity index (χ1v) is 4.71. The number of rotatable bonds is 6. The van der Waals surface area contributed by atoms with Crippen molar-refractivity contribution in [3.05, 3.63) is 24.0 Å². The summed E-state index contributed by atoms with van der Waals surface area (Å²) in [6, 6.07) is 4.11. The van der Waals surface area contributed by atoms with Crippen molar-refractivity contribution >= 4 is 0 Å². The Morgan fingerprint density at radius 3 is 3.00 bits per heavy atom. The van der Waals surface area contributed by atoms with Crippen molar-refractivity contribution in [2.75, 3.05) is 13.7 Å². The van der Waals surface area contributed by atoms with Gasteiger partial charge in [0.05, 0.1) is 0 Å². The normalized spacial score (nSPS) is 10.6. The van der Waals surface area contributed by atoms with Gasteiger partial charge in [-0.25, -0.2) is 0 Å². The molecule has 74 valence electrons. The van der Waals surface area contributed by atoms with Crippen LogP contribution in [0.4, 0.5) is 0 Å². The first-order chi connectivity index (χ1) is 6.38. The van der Waals surface area contributed by atoms with Gasteiger partial charge in [-0.05, 0) is 25.0 Å². The molecule has 3 heteroatoms. The Bertz CT molecular complexity index is 233. The number of hydrogen-bond donors (Lipinski definition) is 1. The van der Waals surface area contributed by atoms with Crippen molar-refractivity contribution in [2.24, 2.45) is 5.73 Å². The average Bonchev–Trinajstić information content (AvgIpc) is 2.60. The number of aromatic nitrogens is 1. The van der Waals surface area contributed by atoms with Gasteiger partial charge < -0.3 is 15.0 Å². The second kappa shape index (κ2) is 5.78. The Balaban J connectivity index is 2.27. The highest BCUT2D eigenvalue weighted by molar-refractivity contribution is 5.06. The largest absolute Gasteiger partial charge is 0.385 e. The van der Waals surface area contributed by atoms with Gasteiger partial charge in [0, 0.05) is 38.7 Å². The summed E-state index contributed by atoms with van der Waals surface area (Å²) in [6.07, 6.45) is 4.34. The highest BCUT2D eigenvalue weighted by Crippen LogP contribution is 2.03. The maximum absolute atomic E-state index is 5.58. The SMILES string of the molecule is COCCCCn1cccc1CN. The lowest BCUT2D eigenvalue weighted by molar-refractivity contribution is 0.191. The zero-order valence-corrected chi connectivity index (χ0v) is 8.20. The molecule has 0 aliphatic carbocycles. The molecule has 1 heterocycles. The van der Waals surface area contributed by atoms with E-state index < -0.39 is 0 Å². The molecular weight excluding hydrogens is 164 g/mol. The number of ether oxygens (including phenoxy) is 1. The van der Waals surface area contributed by atoms with Crippen molar-refractivity contribution in [3.8, 4) is 0 Å². The molecule has 0 atom stereocenters. The molecule has 0 spiro atoms. The molecule has 0 radical (unpaired) electrons. The molecular formula is C10H18N2O. The van der Waals surface area contributed by atoms with Crippen molar-refractivity contribution in [3.63, 3.8) is 0 Å². The maximum atomic E-state index is 5.58. The zero-order chi connectivity index (χ0) is 9.52. The van der Waals surface area contributed by atoms with E-state index in [0.29, 0.717) is 6.54 Å². The van der Waals surface area contributed by atoms with Crippen molar-refractivity contribution in [2.45, 2.75) is 25.9 Å². The number of methoxy groups -OCH3 is 1. The van der Waals surface area contributed by atoms with Crippen LogP contribution in [0.15, 0.2) is 18.3 Å². The fourth-order valence-corrected chi connectivity index (χ4v) is 1.38. The molecule has 2 N–H and O–H groups in total. The van der Waals surface area contributed by atoms with E-state index in [2.05, 4.69) is 16.8 Å². The van der Waals surface area contributed by atoms with E-state index in [0.717, 1.165) is 26.0 Å². The summed E-state index contributed by atoms with van der Waals surface area (Å²) in [6.45, 7) is 2.51. The molecule has 0 amide bonds. The fraction of sp³-hybridized carbons (Fsp3) is 0.600. The summed E-state index contributed by atoms with van der Waals surface area (Å²) in [4.78, 5) is 0. The lowest BCUT2D eigenvalue weighted by Gasteiger charge is -2.06. The van der Waals surface area contributed by atoms with Gasteiger partial charge in [0.15, 0.2) is 0 Å². The topological polar surface area (TPSA) is 40.2 Å². The van der Waals surface area contributed by atoms with Gasteiger partial charge in [-0.3, -0.25) is 0 Å². The standard InChI is InChI=1S/C10H18N2O/c1-13-8-3-2-6-12-7-4-5-10(12)9-11/h4-5,7H,2-3,6,8-9,11H2,1H3. The van der Waals surface area contributed by atoms with E-state index in [4.69, 9.17) is 10.5 Å². The maximum Gasteiger partial charge on any atom is 0.0462 e. The monoisotopic (exact) mass is 182 g/mol. The first-order valence-electron chi connectivity index (χ1n) is 4.71. The van der Waals surface area contributed by atoms with Gasteiger partial charge in [-0.15, -0.1) is 0 Å². The molecule has 0 bridgehead atoms. The molecule has 13 heavy (non-hydrogen) atoms. The Morgan fingerprint density at radius 1 is 1.46 bits per heavy atom. The van der Waals surface area contributed by atoms with E-state index in [1.54, 1.807) is 7.11 Å². The summed E-state index contributed by atoms with van der Waals surface area (Å²) in [5, 5.41) is 0. The van der Waals surface area contributed by atoms with E-state index in [-0.39, 0.29) is 0 Å². The number of nitrogens with zero attached hydrogens (tertiary/aromatic N) is 1.